The summed E-state index contributed by atoms with van der Waals surface area (Å²) in [5.74, 6) is 0. The molecule has 5 heteroatoms. The maximum atomic E-state index is 14.2. The van der Waals surface area contributed by atoms with E-state index in [0.29, 0.717) is 18.2 Å². The molecular formula is C25H31N2OPS. The largest absolute Gasteiger partial charge is 0.314 e. The summed E-state index contributed by atoms with van der Waals surface area (Å²) in [6, 6.07) is 25.2. The van der Waals surface area contributed by atoms with E-state index in [4.69, 9.17) is 0 Å². The third kappa shape index (κ3) is 5.31. The molecule has 3 nitrogen and oxygen atoms in total. The van der Waals surface area contributed by atoms with Gasteiger partial charge in [0.05, 0.1) is 0 Å². The first-order valence-electron chi connectivity index (χ1n) is 11.0. The van der Waals surface area contributed by atoms with Crippen LogP contribution in [0.5, 0.6) is 0 Å². The Morgan fingerprint density at radius 3 is 1.97 bits per heavy atom. The topological polar surface area (TPSA) is 41.1 Å². The van der Waals surface area contributed by atoms with Crippen LogP contribution in [0.15, 0.2) is 78.2 Å². The molecule has 158 valence electrons. The molecule has 0 bridgehead atoms. The fourth-order valence-electron chi connectivity index (χ4n) is 4.42. The van der Waals surface area contributed by atoms with Crippen molar-refractivity contribution in [2.45, 2.75) is 44.3 Å². The standard InChI is InChI=1S/C25H31N2OPS/c28-29(21-10-3-1-4-11-21,22-12-5-2-6-13-22)18-17-26-24-15-7-8-16-25(24)27-20-23-14-9-19-30-23/h1-6,9-14,19,24-27H,7-8,15-18,20H2/t24-,25-/m1/s1. The highest BCUT2D eigenvalue weighted by atomic mass is 32.1. The van der Waals surface area contributed by atoms with E-state index < -0.39 is 7.14 Å². The maximum absolute atomic E-state index is 14.2. The highest BCUT2D eigenvalue weighted by Crippen LogP contribution is 2.42. The molecular weight excluding hydrogens is 407 g/mol. The van der Waals surface area contributed by atoms with Gasteiger partial charge in [0.15, 0.2) is 0 Å². The van der Waals surface area contributed by atoms with E-state index in [1.807, 2.05) is 72.0 Å². The SMILES string of the molecule is O=P(CCN[C@@H]1CCCC[C@H]1NCc1cccs1)(c1ccccc1)c1ccccc1. The molecule has 1 heterocycles. The average molecular weight is 439 g/mol. The van der Waals surface area contributed by atoms with E-state index in [1.165, 1.54) is 30.6 Å². The number of thiophene rings is 1. The maximum Gasteiger partial charge on any atom is 0.144 e. The zero-order valence-electron chi connectivity index (χ0n) is 17.4. The van der Waals surface area contributed by atoms with Crippen molar-refractivity contribution in [2.75, 3.05) is 12.7 Å². The highest BCUT2D eigenvalue weighted by Gasteiger charge is 2.29. The van der Waals surface area contributed by atoms with Gasteiger partial charge in [0.1, 0.15) is 7.14 Å². The van der Waals surface area contributed by atoms with Crippen LogP contribution in [-0.4, -0.2) is 24.8 Å². The van der Waals surface area contributed by atoms with Crippen molar-refractivity contribution in [2.24, 2.45) is 0 Å². The zero-order valence-corrected chi connectivity index (χ0v) is 19.1. The van der Waals surface area contributed by atoms with Crippen LogP contribution in [0.2, 0.25) is 0 Å². The molecule has 0 unspecified atom stereocenters. The van der Waals surface area contributed by atoms with E-state index in [0.717, 1.165) is 23.7 Å². The summed E-state index contributed by atoms with van der Waals surface area (Å²) in [5.41, 5.74) is 0. The van der Waals surface area contributed by atoms with Crippen molar-refractivity contribution >= 4 is 29.1 Å². The Labute approximate surface area is 184 Å². The lowest BCUT2D eigenvalue weighted by Gasteiger charge is -2.33. The van der Waals surface area contributed by atoms with Crippen molar-refractivity contribution in [1.29, 1.82) is 0 Å². The highest BCUT2D eigenvalue weighted by molar-refractivity contribution is 7.78. The smallest absolute Gasteiger partial charge is 0.144 e. The molecule has 2 atom stereocenters. The van der Waals surface area contributed by atoms with Crippen LogP contribution < -0.4 is 21.2 Å². The molecule has 0 spiro atoms. The minimum absolute atomic E-state index is 0.443. The van der Waals surface area contributed by atoms with Crippen LogP contribution in [0.25, 0.3) is 0 Å². The molecule has 1 aliphatic rings. The Kier molecular flexibility index (Phi) is 7.57. The van der Waals surface area contributed by atoms with Crippen molar-refractivity contribution < 1.29 is 4.57 Å². The lowest BCUT2D eigenvalue weighted by atomic mass is 9.90. The van der Waals surface area contributed by atoms with Crippen molar-refractivity contribution in [3.05, 3.63) is 83.1 Å². The van der Waals surface area contributed by atoms with E-state index in [1.54, 1.807) is 0 Å². The predicted molar refractivity (Wildman–Crippen MR) is 130 cm³/mol. The third-order valence-corrected chi connectivity index (χ3v) is 10.1. The Hall–Kier alpha value is -1.71. The first-order valence-corrected chi connectivity index (χ1v) is 13.7. The van der Waals surface area contributed by atoms with Gasteiger partial charge in [0, 0.05) is 46.8 Å². The molecule has 1 aromatic heterocycles. The van der Waals surface area contributed by atoms with Crippen LogP contribution in [0.3, 0.4) is 0 Å². The van der Waals surface area contributed by atoms with E-state index in [2.05, 4.69) is 28.1 Å². The van der Waals surface area contributed by atoms with Crippen LogP contribution >= 0.6 is 18.5 Å². The molecule has 30 heavy (non-hydrogen) atoms. The van der Waals surface area contributed by atoms with Crippen LogP contribution in [0.4, 0.5) is 0 Å². The summed E-state index contributed by atoms with van der Waals surface area (Å²) >= 11 is 1.81. The normalized spacial score (nSPS) is 19.6. The van der Waals surface area contributed by atoms with Gasteiger partial charge in [0.25, 0.3) is 0 Å². The average Bonchev–Trinajstić information content (AvgIpc) is 3.33. The third-order valence-electron chi connectivity index (χ3n) is 6.06. The summed E-state index contributed by atoms with van der Waals surface area (Å²) in [5, 5.41) is 11.6. The van der Waals surface area contributed by atoms with Gasteiger partial charge in [-0.05, 0) is 24.3 Å². The number of hydrogen-bond donors (Lipinski definition) is 2. The predicted octanol–water partition coefficient (Wildman–Crippen LogP) is 4.75. The molecule has 0 saturated heterocycles. The summed E-state index contributed by atoms with van der Waals surface area (Å²) in [6.07, 6.45) is 5.59. The van der Waals surface area contributed by atoms with E-state index in [9.17, 15) is 4.57 Å². The zero-order chi connectivity index (χ0) is 20.7. The fourth-order valence-corrected chi connectivity index (χ4v) is 7.64. The van der Waals surface area contributed by atoms with Crippen molar-refractivity contribution in [3.8, 4) is 0 Å². The summed E-state index contributed by atoms with van der Waals surface area (Å²) in [4.78, 5) is 1.39. The van der Waals surface area contributed by atoms with Gasteiger partial charge < -0.3 is 15.2 Å². The molecule has 0 aliphatic heterocycles. The second kappa shape index (κ2) is 10.5. The first kappa shape index (κ1) is 21.5. The summed E-state index contributed by atoms with van der Waals surface area (Å²) in [7, 11) is -2.65. The van der Waals surface area contributed by atoms with Crippen LogP contribution in [0.1, 0.15) is 30.6 Å². The van der Waals surface area contributed by atoms with Crippen LogP contribution in [-0.2, 0) is 11.1 Å². The minimum atomic E-state index is -2.65. The molecule has 0 radical (unpaired) electrons. The number of rotatable bonds is 9. The Balaban J connectivity index is 1.41. The minimum Gasteiger partial charge on any atom is -0.314 e. The van der Waals surface area contributed by atoms with Gasteiger partial charge in [-0.2, -0.15) is 0 Å². The van der Waals surface area contributed by atoms with E-state index in [-0.39, 0.29) is 0 Å². The van der Waals surface area contributed by atoms with E-state index >= 15 is 0 Å². The van der Waals surface area contributed by atoms with Gasteiger partial charge in [-0.1, -0.05) is 79.6 Å². The van der Waals surface area contributed by atoms with Crippen molar-refractivity contribution in [3.63, 3.8) is 0 Å². The quantitative estimate of drug-likeness (QED) is 0.474. The second-order valence-corrected chi connectivity index (χ2v) is 12.0. The number of hydrogen-bond acceptors (Lipinski definition) is 4. The molecule has 3 aromatic rings. The lowest BCUT2D eigenvalue weighted by molar-refractivity contribution is 0.287. The van der Waals surface area contributed by atoms with Gasteiger partial charge in [-0.15, -0.1) is 11.3 Å². The van der Waals surface area contributed by atoms with Crippen molar-refractivity contribution in [1.82, 2.24) is 10.6 Å². The molecule has 2 aromatic carbocycles. The number of benzene rings is 2. The van der Waals surface area contributed by atoms with Crippen LogP contribution in [0, 0.1) is 0 Å². The Morgan fingerprint density at radius 2 is 1.40 bits per heavy atom. The monoisotopic (exact) mass is 438 g/mol. The Bertz CT molecular complexity index is 887. The summed E-state index contributed by atoms with van der Waals surface area (Å²) < 4.78 is 14.2. The molecule has 2 N–H and O–H groups in total. The molecule has 1 fully saturated rings. The lowest BCUT2D eigenvalue weighted by Crippen LogP contribution is -2.50. The second-order valence-electron chi connectivity index (χ2n) is 8.05. The number of nitrogens with one attached hydrogen (secondary N) is 2. The van der Waals surface area contributed by atoms with Gasteiger partial charge in [-0.25, -0.2) is 0 Å². The summed E-state index contributed by atoms with van der Waals surface area (Å²) in [6.45, 7) is 1.70. The van der Waals surface area contributed by atoms with Gasteiger partial charge in [0.2, 0.25) is 0 Å². The Morgan fingerprint density at radius 1 is 0.800 bits per heavy atom. The molecule has 0 amide bonds. The van der Waals surface area contributed by atoms with Gasteiger partial charge in [-0.3, -0.25) is 0 Å². The fraction of sp³-hybridized carbons (Fsp3) is 0.360. The molecule has 1 saturated carbocycles. The molecule has 1 aliphatic carbocycles. The van der Waals surface area contributed by atoms with Gasteiger partial charge >= 0.3 is 0 Å². The first-order chi connectivity index (χ1) is 14.8. The molecule has 4 rings (SSSR count).